The van der Waals surface area contributed by atoms with Gasteiger partial charge in [-0.05, 0) is 6.07 Å². The van der Waals surface area contributed by atoms with Crippen LogP contribution in [-0.4, -0.2) is 12.9 Å². The van der Waals surface area contributed by atoms with E-state index in [9.17, 15) is 9.59 Å². The Morgan fingerprint density at radius 1 is 1.31 bits per heavy atom. The Labute approximate surface area is 75.5 Å². The molecule has 0 aliphatic heterocycles. The zero-order chi connectivity index (χ0) is 9.52. The van der Waals surface area contributed by atoms with E-state index in [-0.39, 0.29) is 6.61 Å². The standard InChI is InChI=1S/C9H9NO3/c11-6-10-9-4-2-1-3-8(9)5-13-7-12/h1-4,6-7H,5H2,(H,10,11). The summed E-state index contributed by atoms with van der Waals surface area (Å²) in [5, 5.41) is 2.51. The fourth-order valence-corrected chi connectivity index (χ4v) is 0.974. The molecule has 13 heavy (non-hydrogen) atoms. The molecule has 0 aliphatic carbocycles. The highest BCUT2D eigenvalue weighted by molar-refractivity contribution is 5.73. The first-order valence-corrected chi connectivity index (χ1v) is 3.72. The normalized spacial score (nSPS) is 8.92. The van der Waals surface area contributed by atoms with Crippen molar-refractivity contribution in [3.63, 3.8) is 0 Å². The molecule has 0 unspecified atom stereocenters. The number of rotatable bonds is 5. The van der Waals surface area contributed by atoms with Crippen molar-refractivity contribution in [2.45, 2.75) is 6.61 Å². The Morgan fingerprint density at radius 3 is 2.77 bits per heavy atom. The zero-order valence-corrected chi connectivity index (χ0v) is 6.90. The van der Waals surface area contributed by atoms with Crippen LogP contribution in [0.2, 0.25) is 0 Å². The Bertz CT molecular complexity index is 299. The predicted octanol–water partition coefficient (Wildman–Crippen LogP) is 0.928. The van der Waals surface area contributed by atoms with Gasteiger partial charge in [0.15, 0.2) is 0 Å². The minimum absolute atomic E-state index is 0.167. The molecule has 1 N–H and O–H groups in total. The van der Waals surface area contributed by atoms with Crippen LogP contribution in [0.5, 0.6) is 0 Å². The molecule has 4 heteroatoms. The second kappa shape index (κ2) is 4.92. The average molecular weight is 179 g/mol. The summed E-state index contributed by atoms with van der Waals surface area (Å²) in [6.45, 7) is 0.540. The van der Waals surface area contributed by atoms with Crippen molar-refractivity contribution in [2.24, 2.45) is 0 Å². The monoisotopic (exact) mass is 179 g/mol. The molecular formula is C9H9NO3. The third-order valence-electron chi connectivity index (χ3n) is 1.54. The van der Waals surface area contributed by atoms with Crippen molar-refractivity contribution in [3.05, 3.63) is 29.8 Å². The van der Waals surface area contributed by atoms with Crippen molar-refractivity contribution in [3.8, 4) is 0 Å². The molecule has 0 fully saturated rings. The molecular weight excluding hydrogens is 170 g/mol. The molecule has 1 rings (SSSR count). The summed E-state index contributed by atoms with van der Waals surface area (Å²) < 4.78 is 4.57. The van der Waals surface area contributed by atoms with Crippen molar-refractivity contribution >= 4 is 18.6 Å². The molecule has 0 aromatic heterocycles. The van der Waals surface area contributed by atoms with Gasteiger partial charge in [0.25, 0.3) is 6.47 Å². The third kappa shape index (κ3) is 2.59. The topological polar surface area (TPSA) is 55.4 Å². The predicted molar refractivity (Wildman–Crippen MR) is 47.0 cm³/mol. The number of nitrogens with one attached hydrogen (secondary N) is 1. The van der Waals surface area contributed by atoms with Crippen LogP contribution in [0.1, 0.15) is 5.56 Å². The van der Waals surface area contributed by atoms with Crippen LogP contribution in [-0.2, 0) is 20.9 Å². The Kier molecular flexibility index (Phi) is 3.50. The number of carbonyl (C=O) groups is 2. The number of para-hydroxylation sites is 1. The minimum atomic E-state index is 0.167. The summed E-state index contributed by atoms with van der Waals surface area (Å²) in [7, 11) is 0. The van der Waals surface area contributed by atoms with Gasteiger partial charge in [-0.3, -0.25) is 9.59 Å². The lowest BCUT2D eigenvalue weighted by molar-refractivity contribution is -0.129. The van der Waals surface area contributed by atoms with Crippen LogP contribution in [0.25, 0.3) is 0 Å². The molecule has 0 saturated carbocycles. The molecule has 4 nitrogen and oxygen atoms in total. The Hall–Kier alpha value is -1.84. The van der Waals surface area contributed by atoms with Crippen LogP contribution >= 0.6 is 0 Å². The largest absolute Gasteiger partial charge is 0.463 e. The van der Waals surface area contributed by atoms with Gasteiger partial charge in [-0.1, -0.05) is 18.2 Å². The first kappa shape index (κ1) is 9.25. The van der Waals surface area contributed by atoms with E-state index in [4.69, 9.17) is 0 Å². The average Bonchev–Trinajstić information content (AvgIpc) is 2.17. The van der Waals surface area contributed by atoms with Crippen LogP contribution in [0.4, 0.5) is 5.69 Å². The van der Waals surface area contributed by atoms with Gasteiger partial charge in [0.05, 0.1) is 0 Å². The van der Waals surface area contributed by atoms with E-state index >= 15 is 0 Å². The van der Waals surface area contributed by atoms with Crippen molar-refractivity contribution in [2.75, 3.05) is 5.32 Å². The van der Waals surface area contributed by atoms with Crippen molar-refractivity contribution in [1.82, 2.24) is 0 Å². The van der Waals surface area contributed by atoms with Gasteiger partial charge in [-0.15, -0.1) is 0 Å². The number of amides is 1. The zero-order valence-electron chi connectivity index (χ0n) is 6.90. The van der Waals surface area contributed by atoms with E-state index in [1.54, 1.807) is 24.3 Å². The number of hydrogen-bond donors (Lipinski definition) is 1. The maximum Gasteiger partial charge on any atom is 0.293 e. The first-order valence-electron chi connectivity index (χ1n) is 3.72. The van der Waals surface area contributed by atoms with E-state index in [1.165, 1.54) is 0 Å². The molecule has 0 heterocycles. The van der Waals surface area contributed by atoms with E-state index < -0.39 is 0 Å². The Balaban J connectivity index is 2.77. The lowest BCUT2D eigenvalue weighted by atomic mass is 10.2. The fraction of sp³-hybridized carbons (Fsp3) is 0.111. The van der Waals surface area contributed by atoms with Gasteiger partial charge >= 0.3 is 0 Å². The van der Waals surface area contributed by atoms with Gasteiger partial charge in [-0.25, -0.2) is 0 Å². The number of benzene rings is 1. The summed E-state index contributed by atoms with van der Waals surface area (Å²) in [4.78, 5) is 20.1. The Morgan fingerprint density at radius 2 is 2.08 bits per heavy atom. The highest BCUT2D eigenvalue weighted by Gasteiger charge is 1.99. The maximum absolute atomic E-state index is 10.2. The van der Waals surface area contributed by atoms with Gasteiger partial charge in [-0.2, -0.15) is 0 Å². The number of hydrogen-bond acceptors (Lipinski definition) is 3. The quantitative estimate of drug-likeness (QED) is 0.684. The van der Waals surface area contributed by atoms with Crippen molar-refractivity contribution in [1.29, 1.82) is 0 Å². The summed E-state index contributed by atoms with van der Waals surface area (Å²) in [5.74, 6) is 0. The summed E-state index contributed by atoms with van der Waals surface area (Å²) in [6, 6.07) is 7.10. The van der Waals surface area contributed by atoms with Gasteiger partial charge < -0.3 is 10.1 Å². The first-order chi connectivity index (χ1) is 6.38. The van der Waals surface area contributed by atoms with Crippen molar-refractivity contribution < 1.29 is 14.3 Å². The fourth-order valence-electron chi connectivity index (χ4n) is 0.974. The molecule has 0 aliphatic rings. The van der Waals surface area contributed by atoms with E-state index in [1.807, 2.05) is 0 Å². The third-order valence-corrected chi connectivity index (χ3v) is 1.54. The summed E-state index contributed by atoms with van der Waals surface area (Å²) in [5.41, 5.74) is 1.42. The van der Waals surface area contributed by atoms with E-state index in [0.717, 1.165) is 5.56 Å². The molecule has 1 amide bonds. The lowest BCUT2D eigenvalue weighted by Gasteiger charge is -2.05. The molecule has 0 saturated heterocycles. The lowest BCUT2D eigenvalue weighted by Crippen LogP contribution is -2.00. The van der Waals surface area contributed by atoms with Crippen LogP contribution in [0.3, 0.4) is 0 Å². The SMILES string of the molecule is O=CNc1ccccc1COC=O. The number of carbonyl (C=O) groups excluding carboxylic acids is 2. The highest BCUT2D eigenvalue weighted by atomic mass is 16.5. The second-order valence-corrected chi connectivity index (χ2v) is 2.33. The molecule has 1 aromatic rings. The van der Waals surface area contributed by atoms with Crippen LogP contribution in [0.15, 0.2) is 24.3 Å². The minimum Gasteiger partial charge on any atom is -0.463 e. The van der Waals surface area contributed by atoms with Gasteiger partial charge in [0, 0.05) is 11.3 Å². The molecule has 0 radical (unpaired) electrons. The second-order valence-electron chi connectivity index (χ2n) is 2.33. The maximum atomic E-state index is 10.2. The summed E-state index contributed by atoms with van der Waals surface area (Å²) in [6.07, 6.45) is 0.583. The number of ether oxygens (including phenoxy) is 1. The summed E-state index contributed by atoms with van der Waals surface area (Å²) >= 11 is 0. The molecule has 0 spiro atoms. The number of anilines is 1. The van der Waals surface area contributed by atoms with Gasteiger partial charge in [0.1, 0.15) is 6.61 Å². The highest BCUT2D eigenvalue weighted by Crippen LogP contribution is 2.14. The molecule has 0 bridgehead atoms. The van der Waals surface area contributed by atoms with Gasteiger partial charge in [0.2, 0.25) is 6.41 Å². The molecule has 68 valence electrons. The van der Waals surface area contributed by atoms with E-state index in [2.05, 4.69) is 10.1 Å². The molecule has 1 aromatic carbocycles. The smallest absolute Gasteiger partial charge is 0.293 e. The van der Waals surface area contributed by atoms with Crippen LogP contribution in [0, 0.1) is 0 Å². The van der Waals surface area contributed by atoms with E-state index in [0.29, 0.717) is 18.6 Å². The van der Waals surface area contributed by atoms with Crippen LogP contribution < -0.4 is 5.32 Å². The molecule has 0 atom stereocenters.